The number of unbranched alkanes of at least 4 members (excludes halogenated alkanes) is 1. The van der Waals surface area contributed by atoms with E-state index >= 15 is 0 Å². The van der Waals surface area contributed by atoms with E-state index in [0.29, 0.717) is 42.6 Å². The fraction of sp³-hybridized carbons (Fsp3) is 0.240. The van der Waals surface area contributed by atoms with Crippen LogP contribution in [0.1, 0.15) is 30.1 Å². The molecule has 0 saturated carbocycles. The molecule has 3 aromatic carbocycles. The Morgan fingerprint density at radius 2 is 1.55 bits per heavy atom. The number of benzene rings is 3. The Labute approximate surface area is 191 Å². The molecule has 1 amide bonds. The molecule has 0 aliphatic rings. The van der Waals surface area contributed by atoms with E-state index < -0.39 is 0 Å². The molecule has 0 aromatic heterocycles. The molecule has 0 spiro atoms. The Bertz CT molecular complexity index is 978. The molecule has 0 heterocycles. The van der Waals surface area contributed by atoms with Crippen LogP contribution in [0.5, 0.6) is 17.2 Å². The molecule has 0 fully saturated rings. The molecular formula is C25H26BrNO4. The van der Waals surface area contributed by atoms with Crippen molar-refractivity contribution < 1.29 is 19.0 Å². The van der Waals surface area contributed by atoms with Gasteiger partial charge in [0.05, 0.1) is 17.9 Å². The summed E-state index contributed by atoms with van der Waals surface area (Å²) in [6.45, 7) is 3.41. The first-order valence-corrected chi connectivity index (χ1v) is 11.1. The van der Waals surface area contributed by atoms with Gasteiger partial charge >= 0.3 is 0 Å². The lowest BCUT2D eigenvalue weighted by atomic mass is 10.1. The van der Waals surface area contributed by atoms with E-state index in [-0.39, 0.29) is 5.91 Å². The van der Waals surface area contributed by atoms with Crippen LogP contribution in [0, 0.1) is 0 Å². The second kappa shape index (κ2) is 12.0. The van der Waals surface area contributed by atoms with E-state index in [9.17, 15) is 4.79 Å². The van der Waals surface area contributed by atoms with Crippen LogP contribution in [0.25, 0.3) is 0 Å². The van der Waals surface area contributed by atoms with Crippen molar-refractivity contribution in [2.24, 2.45) is 0 Å². The molecule has 0 bridgehead atoms. The maximum absolute atomic E-state index is 13.0. The van der Waals surface area contributed by atoms with E-state index in [1.807, 2.05) is 54.6 Å². The van der Waals surface area contributed by atoms with Gasteiger partial charge in [0.25, 0.3) is 5.91 Å². The minimum atomic E-state index is -0.260. The van der Waals surface area contributed by atoms with Crippen LogP contribution in [-0.4, -0.2) is 25.7 Å². The third kappa shape index (κ3) is 7.03. The number of rotatable bonds is 11. The summed E-state index contributed by atoms with van der Waals surface area (Å²) in [5, 5.41) is 2.94. The average molecular weight is 484 g/mol. The summed E-state index contributed by atoms with van der Waals surface area (Å²) in [6, 6.07) is 22.3. The maximum Gasteiger partial charge on any atom is 0.259 e. The lowest BCUT2D eigenvalue weighted by Gasteiger charge is -2.15. The highest BCUT2D eigenvalue weighted by atomic mass is 79.9. The molecule has 162 valence electrons. The molecule has 0 radical (unpaired) electrons. The fourth-order valence-corrected chi connectivity index (χ4v) is 3.21. The summed E-state index contributed by atoms with van der Waals surface area (Å²) in [5.74, 6) is 1.67. The van der Waals surface area contributed by atoms with Crippen molar-refractivity contribution in [3.05, 3.63) is 82.8 Å². The van der Waals surface area contributed by atoms with Gasteiger partial charge < -0.3 is 19.5 Å². The first-order chi connectivity index (χ1) is 15.2. The highest BCUT2D eigenvalue weighted by Gasteiger charge is 2.15. The van der Waals surface area contributed by atoms with Crippen LogP contribution in [0.3, 0.4) is 0 Å². The Hall–Kier alpha value is -2.99. The van der Waals surface area contributed by atoms with Gasteiger partial charge in [-0.15, -0.1) is 0 Å². The predicted octanol–water partition coefficient (Wildman–Crippen LogP) is 6.34. The molecule has 3 aromatic rings. The molecule has 0 aliphatic carbocycles. The highest BCUT2D eigenvalue weighted by molar-refractivity contribution is 9.10. The zero-order chi connectivity index (χ0) is 21.9. The number of para-hydroxylation sites is 3. The van der Waals surface area contributed by atoms with Crippen LogP contribution in [0.4, 0.5) is 5.69 Å². The monoisotopic (exact) mass is 483 g/mol. The standard InChI is InChI=1S/C25H26BrNO4/c1-2-3-15-30-23-14-13-19(26)18-21(23)25(28)27-22-11-7-8-12-24(22)31-17-16-29-20-9-5-4-6-10-20/h4-14,18H,2-3,15-17H2,1H3,(H,27,28). The number of hydrogen-bond acceptors (Lipinski definition) is 4. The minimum Gasteiger partial charge on any atom is -0.493 e. The number of nitrogens with one attached hydrogen (secondary N) is 1. The van der Waals surface area contributed by atoms with E-state index in [2.05, 4.69) is 28.2 Å². The van der Waals surface area contributed by atoms with E-state index in [1.165, 1.54) is 0 Å². The van der Waals surface area contributed by atoms with Crippen LogP contribution in [-0.2, 0) is 0 Å². The third-order valence-electron chi connectivity index (χ3n) is 4.43. The van der Waals surface area contributed by atoms with Crippen molar-refractivity contribution in [3.8, 4) is 17.2 Å². The SMILES string of the molecule is CCCCOc1ccc(Br)cc1C(=O)Nc1ccccc1OCCOc1ccccc1. The van der Waals surface area contributed by atoms with Gasteiger partial charge in [-0.25, -0.2) is 0 Å². The van der Waals surface area contributed by atoms with Crippen molar-refractivity contribution >= 4 is 27.5 Å². The third-order valence-corrected chi connectivity index (χ3v) is 4.92. The fourth-order valence-electron chi connectivity index (χ4n) is 2.85. The molecule has 0 saturated heterocycles. The molecule has 3 rings (SSSR count). The molecule has 0 aliphatic heterocycles. The summed E-state index contributed by atoms with van der Waals surface area (Å²) in [5.41, 5.74) is 1.05. The van der Waals surface area contributed by atoms with Gasteiger partial charge in [-0.3, -0.25) is 4.79 Å². The summed E-state index contributed by atoms with van der Waals surface area (Å²) in [7, 11) is 0. The van der Waals surface area contributed by atoms with Crippen molar-refractivity contribution in [1.29, 1.82) is 0 Å². The molecule has 31 heavy (non-hydrogen) atoms. The number of carbonyl (C=O) groups excluding carboxylic acids is 1. The molecule has 6 heteroatoms. The van der Waals surface area contributed by atoms with Crippen molar-refractivity contribution in [1.82, 2.24) is 0 Å². The van der Waals surface area contributed by atoms with E-state index in [4.69, 9.17) is 14.2 Å². The first-order valence-electron chi connectivity index (χ1n) is 10.3. The minimum absolute atomic E-state index is 0.260. The quantitative estimate of drug-likeness (QED) is 0.323. The number of amides is 1. The second-order valence-corrected chi connectivity index (χ2v) is 7.72. The van der Waals surface area contributed by atoms with Gasteiger partial charge in [-0.05, 0) is 48.9 Å². The van der Waals surface area contributed by atoms with Gasteiger partial charge in [0.15, 0.2) is 0 Å². The van der Waals surface area contributed by atoms with Gasteiger partial charge in [0, 0.05) is 4.47 Å². The van der Waals surface area contributed by atoms with Crippen LogP contribution < -0.4 is 19.5 Å². The Morgan fingerprint density at radius 1 is 0.839 bits per heavy atom. The number of carbonyl (C=O) groups is 1. The van der Waals surface area contributed by atoms with Crippen LogP contribution >= 0.6 is 15.9 Å². The van der Waals surface area contributed by atoms with Crippen molar-refractivity contribution in [3.63, 3.8) is 0 Å². The van der Waals surface area contributed by atoms with E-state index in [0.717, 1.165) is 23.1 Å². The Balaban J connectivity index is 1.63. The number of hydrogen-bond donors (Lipinski definition) is 1. The molecular weight excluding hydrogens is 458 g/mol. The van der Waals surface area contributed by atoms with Crippen LogP contribution in [0.2, 0.25) is 0 Å². The van der Waals surface area contributed by atoms with Crippen molar-refractivity contribution in [2.75, 3.05) is 25.1 Å². The second-order valence-electron chi connectivity index (χ2n) is 6.80. The smallest absolute Gasteiger partial charge is 0.259 e. The van der Waals surface area contributed by atoms with Crippen molar-refractivity contribution in [2.45, 2.75) is 19.8 Å². The molecule has 0 unspecified atom stereocenters. The average Bonchev–Trinajstić information content (AvgIpc) is 2.79. The predicted molar refractivity (Wildman–Crippen MR) is 126 cm³/mol. The zero-order valence-electron chi connectivity index (χ0n) is 17.5. The van der Waals surface area contributed by atoms with Crippen LogP contribution in [0.15, 0.2) is 77.3 Å². The zero-order valence-corrected chi connectivity index (χ0v) is 19.1. The van der Waals surface area contributed by atoms with Gasteiger partial charge in [0.2, 0.25) is 0 Å². The van der Waals surface area contributed by atoms with E-state index in [1.54, 1.807) is 18.2 Å². The topological polar surface area (TPSA) is 56.8 Å². The highest BCUT2D eigenvalue weighted by Crippen LogP contribution is 2.28. The molecule has 0 atom stereocenters. The lowest BCUT2D eigenvalue weighted by molar-refractivity contribution is 0.102. The lowest BCUT2D eigenvalue weighted by Crippen LogP contribution is -2.16. The number of halogens is 1. The van der Waals surface area contributed by atoms with Gasteiger partial charge in [-0.2, -0.15) is 0 Å². The summed E-state index contributed by atoms with van der Waals surface area (Å²) in [4.78, 5) is 13.0. The summed E-state index contributed by atoms with van der Waals surface area (Å²) >= 11 is 3.43. The Kier molecular flexibility index (Phi) is 8.79. The normalized spacial score (nSPS) is 10.4. The Morgan fingerprint density at radius 3 is 2.35 bits per heavy atom. The maximum atomic E-state index is 13.0. The largest absolute Gasteiger partial charge is 0.493 e. The summed E-state index contributed by atoms with van der Waals surface area (Å²) < 4.78 is 18.1. The van der Waals surface area contributed by atoms with Gasteiger partial charge in [0.1, 0.15) is 30.5 Å². The molecule has 5 nitrogen and oxygen atoms in total. The number of anilines is 1. The molecule has 1 N–H and O–H groups in total. The number of ether oxygens (including phenoxy) is 3. The summed E-state index contributed by atoms with van der Waals surface area (Å²) in [6.07, 6.45) is 1.95. The first kappa shape index (κ1) is 22.7. The van der Waals surface area contributed by atoms with Gasteiger partial charge in [-0.1, -0.05) is 59.6 Å².